The average Bonchev–Trinajstić information content (AvgIpc) is 2.34. The fraction of sp³-hybridized carbons (Fsp3) is 0.533. The van der Waals surface area contributed by atoms with Gasteiger partial charge >= 0.3 is 0 Å². The van der Waals surface area contributed by atoms with Crippen LogP contribution in [-0.4, -0.2) is 19.0 Å². The van der Waals surface area contributed by atoms with Crippen LogP contribution in [0.15, 0.2) is 12.1 Å². The van der Waals surface area contributed by atoms with E-state index >= 15 is 0 Å². The van der Waals surface area contributed by atoms with Gasteiger partial charge in [-0.3, -0.25) is 4.79 Å². The van der Waals surface area contributed by atoms with E-state index in [4.69, 9.17) is 0 Å². The van der Waals surface area contributed by atoms with Gasteiger partial charge in [0.2, 0.25) is 5.91 Å². The molecule has 0 aromatic heterocycles. The minimum Gasteiger partial charge on any atom is -0.325 e. The molecule has 1 saturated heterocycles. The summed E-state index contributed by atoms with van der Waals surface area (Å²) < 4.78 is 0. The van der Waals surface area contributed by atoms with Crippen molar-refractivity contribution in [2.45, 2.75) is 33.6 Å². The molecule has 1 aromatic carbocycles. The zero-order valence-electron chi connectivity index (χ0n) is 11.5. The number of carbonyl (C=O) groups excluding carboxylic acids is 1. The van der Waals surface area contributed by atoms with E-state index in [-0.39, 0.29) is 11.8 Å². The van der Waals surface area contributed by atoms with Crippen LogP contribution in [0.2, 0.25) is 0 Å². The molecule has 1 atom stereocenters. The number of benzene rings is 1. The fourth-order valence-corrected chi connectivity index (χ4v) is 2.68. The fourth-order valence-electron chi connectivity index (χ4n) is 2.68. The van der Waals surface area contributed by atoms with Gasteiger partial charge in [-0.1, -0.05) is 17.7 Å². The van der Waals surface area contributed by atoms with Crippen LogP contribution < -0.4 is 10.6 Å². The molecule has 18 heavy (non-hydrogen) atoms. The monoisotopic (exact) mass is 246 g/mol. The summed E-state index contributed by atoms with van der Waals surface area (Å²) in [5.74, 6) is 0.260. The predicted octanol–water partition coefficient (Wildman–Crippen LogP) is 2.55. The first-order valence-electron chi connectivity index (χ1n) is 6.67. The molecule has 3 heteroatoms. The summed E-state index contributed by atoms with van der Waals surface area (Å²) in [4.78, 5) is 12.2. The Morgan fingerprint density at radius 1 is 1.28 bits per heavy atom. The van der Waals surface area contributed by atoms with Crippen LogP contribution in [0.4, 0.5) is 5.69 Å². The largest absolute Gasteiger partial charge is 0.325 e. The van der Waals surface area contributed by atoms with Crippen molar-refractivity contribution in [3.63, 3.8) is 0 Å². The van der Waals surface area contributed by atoms with Crippen LogP contribution >= 0.6 is 0 Å². The van der Waals surface area contributed by atoms with Gasteiger partial charge in [0.15, 0.2) is 0 Å². The minimum atomic E-state index is 0.110. The molecule has 2 rings (SSSR count). The number of aryl methyl sites for hydroxylation is 3. The Morgan fingerprint density at radius 2 is 1.94 bits per heavy atom. The van der Waals surface area contributed by atoms with Gasteiger partial charge < -0.3 is 10.6 Å². The summed E-state index contributed by atoms with van der Waals surface area (Å²) in [6, 6.07) is 4.23. The van der Waals surface area contributed by atoms with Gasteiger partial charge in [0.1, 0.15) is 0 Å². The molecular weight excluding hydrogens is 224 g/mol. The Balaban J connectivity index is 2.11. The Kier molecular flexibility index (Phi) is 4.02. The summed E-state index contributed by atoms with van der Waals surface area (Å²) in [5, 5.41) is 6.38. The summed E-state index contributed by atoms with van der Waals surface area (Å²) in [7, 11) is 0. The summed E-state index contributed by atoms with van der Waals surface area (Å²) >= 11 is 0. The number of hydrogen-bond donors (Lipinski definition) is 2. The zero-order valence-corrected chi connectivity index (χ0v) is 11.5. The van der Waals surface area contributed by atoms with Crippen molar-refractivity contribution in [2.75, 3.05) is 18.4 Å². The molecule has 0 radical (unpaired) electrons. The van der Waals surface area contributed by atoms with Crippen molar-refractivity contribution in [1.82, 2.24) is 5.32 Å². The molecule has 0 aliphatic carbocycles. The maximum absolute atomic E-state index is 12.2. The molecule has 3 nitrogen and oxygen atoms in total. The number of rotatable bonds is 2. The summed E-state index contributed by atoms with van der Waals surface area (Å²) in [5.41, 5.74) is 4.51. The second-order valence-corrected chi connectivity index (χ2v) is 5.31. The number of piperidine rings is 1. The zero-order chi connectivity index (χ0) is 13.1. The lowest BCUT2D eigenvalue weighted by Crippen LogP contribution is -2.37. The summed E-state index contributed by atoms with van der Waals surface area (Å²) in [6.45, 7) is 8.02. The quantitative estimate of drug-likeness (QED) is 0.842. The normalized spacial score (nSPS) is 19.6. The van der Waals surface area contributed by atoms with E-state index in [1.54, 1.807) is 0 Å². The smallest absolute Gasteiger partial charge is 0.228 e. The van der Waals surface area contributed by atoms with Gasteiger partial charge in [0, 0.05) is 12.2 Å². The van der Waals surface area contributed by atoms with Crippen molar-refractivity contribution < 1.29 is 4.79 Å². The van der Waals surface area contributed by atoms with Crippen LogP contribution in [0.25, 0.3) is 0 Å². The molecule has 1 fully saturated rings. The third-order valence-corrected chi connectivity index (χ3v) is 3.59. The average molecular weight is 246 g/mol. The Hall–Kier alpha value is -1.35. The molecule has 1 aliphatic rings. The van der Waals surface area contributed by atoms with E-state index in [0.29, 0.717) is 0 Å². The van der Waals surface area contributed by atoms with Gasteiger partial charge in [-0.25, -0.2) is 0 Å². The second-order valence-electron chi connectivity index (χ2n) is 5.31. The Labute approximate surface area is 109 Å². The van der Waals surface area contributed by atoms with Gasteiger partial charge in [-0.2, -0.15) is 0 Å². The first kappa shape index (κ1) is 13.1. The molecular formula is C15H22N2O. The van der Waals surface area contributed by atoms with Gasteiger partial charge in [-0.05, 0) is 51.3 Å². The molecule has 0 saturated carbocycles. The highest BCUT2D eigenvalue weighted by Crippen LogP contribution is 2.23. The van der Waals surface area contributed by atoms with Gasteiger partial charge in [0.05, 0.1) is 5.92 Å². The lowest BCUT2D eigenvalue weighted by molar-refractivity contribution is -0.120. The summed E-state index contributed by atoms with van der Waals surface area (Å²) in [6.07, 6.45) is 2.08. The number of anilines is 1. The van der Waals surface area contributed by atoms with Crippen LogP contribution in [0, 0.1) is 26.7 Å². The van der Waals surface area contributed by atoms with Crippen molar-refractivity contribution in [1.29, 1.82) is 0 Å². The SMILES string of the molecule is Cc1cc(C)c(NC(=O)[C@H]2CCCNC2)c(C)c1. The van der Waals surface area contributed by atoms with E-state index in [2.05, 4.69) is 43.5 Å². The molecule has 98 valence electrons. The first-order chi connectivity index (χ1) is 8.58. The van der Waals surface area contributed by atoms with E-state index in [1.807, 2.05) is 0 Å². The van der Waals surface area contributed by atoms with E-state index in [0.717, 1.165) is 42.7 Å². The number of nitrogens with one attached hydrogen (secondary N) is 2. The lowest BCUT2D eigenvalue weighted by Gasteiger charge is -2.23. The van der Waals surface area contributed by atoms with Crippen LogP contribution in [0.1, 0.15) is 29.5 Å². The molecule has 1 aromatic rings. The number of hydrogen-bond acceptors (Lipinski definition) is 2. The van der Waals surface area contributed by atoms with Gasteiger partial charge in [0.25, 0.3) is 0 Å². The molecule has 1 aliphatic heterocycles. The molecule has 1 heterocycles. The number of amides is 1. The molecule has 1 amide bonds. The maximum atomic E-state index is 12.2. The van der Waals surface area contributed by atoms with Crippen molar-refractivity contribution in [3.05, 3.63) is 28.8 Å². The van der Waals surface area contributed by atoms with E-state index < -0.39 is 0 Å². The second kappa shape index (κ2) is 5.53. The molecule has 0 unspecified atom stereocenters. The molecule has 0 spiro atoms. The van der Waals surface area contributed by atoms with Crippen molar-refractivity contribution in [3.8, 4) is 0 Å². The molecule has 2 N–H and O–H groups in total. The van der Waals surface area contributed by atoms with Crippen LogP contribution in [0.3, 0.4) is 0 Å². The van der Waals surface area contributed by atoms with Crippen molar-refractivity contribution in [2.24, 2.45) is 5.92 Å². The standard InChI is InChI=1S/C15H22N2O/c1-10-7-11(2)14(12(3)8-10)17-15(18)13-5-4-6-16-9-13/h7-8,13,16H,4-6,9H2,1-3H3,(H,17,18)/t13-/m0/s1. The highest BCUT2D eigenvalue weighted by molar-refractivity contribution is 5.94. The number of carbonyl (C=O) groups is 1. The maximum Gasteiger partial charge on any atom is 0.228 e. The van der Waals surface area contributed by atoms with E-state index in [1.165, 1.54) is 5.56 Å². The highest BCUT2D eigenvalue weighted by Gasteiger charge is 2.21. The van der Waals surface area contributed by atoms with Gasteiger partial charge in [-0.15, -0.1) is 0 Å². The Morgan fingerprint density at radius 3 is 2.50 bits per heavy atom. The van der Waals surface area contributed by atoms with Crippen LogP contribution in [-0.2, 0) is 4.79 Å². The van der Waals surface area contributed by atoms with E-state index in [9.17, 15) is 4.79 Å². The topological polar surface area (TPSA) is 41.1 Å². The first-order valence-corrected chi connectivity index (χ1v) is 6.67. The minimum absolute atomic E-state index is 0.110. The predicted molar refractivity (Wildman–Crippen MR) is 74.9 cm³/mol. The lowest BCUT2D eigenvalue weighted by atomic mass is 9.98. The third kappa shape index (κ3) is 2.91. The Bertz CT molecular complexity index is 425. The third-order valence-electron chi connectivity index (χ3n) is 3.59. The molecule has 0 bridgehead atoms. The highest BCUT2D eigenvalue weighted by atomic mass is 16.1. The van der Waals surface area contributed by atoms with Crippen molar-refractivity contribution >= 4 is 11.6 Å². The van der Waals surface area contributed by atoms with Crippen LogP contribution in [0.5, 0.6) is 0 Å².